The van der Waals surface area contributed by atoms with Crippen LogP contribution in [0.3, 0.4) is 0 Å². The van der Waals surface area contributed by atoms with Gasteiger partial charge in [0, 0.05) is 19.3 Å². The fraction of sp³-hybridized carbons (Fsp3) is 0.400. The topological polar surface area (TPSA) is 50.4 Å². The summed E-state index contributed by atoms with van der Waals surface area (Å²) in [5.41, 5.74) is 1.68. The minimum absolute atomic E-state index is 0.402. The normalized spacial score (nSPS) is 11.4. The zero-order valence-corrected chi connectivity index (χ0v) is 12.0. The maximum Gasteiger partial charge on any atom is 0.407 e. The van der Waals surface area contributed by atoms with Gasteiger partial charge >= 0.3 is 6.09 Å². The highest BCUT2D eigenvalue weighted by atomic mass is 16.6. The molecule has 0 radical (unpaired) electrons. The van der Waals surface area contributed by atoms with Crippen molar-refractivity contribution in [2.45, 2.75) is 26.4 Å². The number of anilines is 1. The predicted molar refractivity (Wildman–Crippen MR) is 79.3 cm³/mol. The van der Waals surface area contributed by atoms with Crippen LogP contribution in [-0.2, 0) is 4.74 Å². The highest BCUT2D eigenvalue weighted by molar-refractivity contribution is 5.68. The van der Waals surface area contributed by atoms with Gasteiger partial charge in [0.05, 0.1) is 0 Å². The van der Waals surface area contributed by atoms with E-state index in [0.29, 0.717) is 6.54 Å². The Labute approximate surface area is 114 Å². The number of benzene rings is 1. The summed E-state index contributed by atoms with van der Waals surface area (Å²) in [6.07, 6.45) is 3.44. The van der Waals surface area contributed by atoms with Gasteiger partial charge in [0.1, 0.15) is 5.60 Å². The van der Waals surface area contributed by atoms with E-state index in [1.165, 1.54) is 0 Å². The third kappa shape index (κ3) is 6.50. The van der Waals surface area contributed by atoms with Gasteiger partial charge in [-0.3, -0.25) is 0 Å². The number of carbonyl (C=O) groups excluding carboxylic acids is 1. The third-order valence-corrected chi connectivity index (χ3v) is 2.25. The number of carbonyl (C=O) groups is 1. The highest BCUT2D eigenvalue weighted by Gasteiger charge is 2.14. The lowest BCUT2D eigenvalue weighted by Gasteiger charge is -2.19. The Balaban J connectivity index is 2.40. The molecule has 0 bridgehead atoms. The van der Waals surface area contributed by atoms with Gasteiger partial charge in [-0.25, -0.2) is 4.79 Å². The van der Waals surface area contributed by atoms with Gasteiger partial charge in [0.2, 0.25) is 0 Å². The van der Waals surface area contributed by atoms with E-state index in [-0.39, 0.29) is 0 Å². The molecule has 0 aliphatic heterocycles. The van der Waals surface area contributed by atoms with E-state index in [2.05, 4.69) is 10.6 Å². The first-order valence-electron chi connectivity index (χ1n) is 6.32. The molecule has 0 aromatic heterocycles. The molecule has 19 heavy (non-hydrogen) atoms. The SMILES string of the molecule is CNc1cccc(C=CCNC(=O)OC(C)(C)C)c1. The summed E-state index contributed by atoms with van der Waals surface area (Å²) in [7, 11) is 1.88. The Bertz CT molecular complexity index is 448. The molecule has 4 nitrogen and oxygen atoms in total. The van der Waals surface area contributed by atoms with Crippen LogP contribution < -0.4 is 10.6 Å². The van der Waals surface area contributed by atoms with Gasteiger partial charge in [-0.05, 0) is 38.5 Å². The van der Waals surface area contributed by atoms with Crippen LogP contribution in [0, 0.1) is 0 Å². The summed E-state index contributed by atoms with van der Waals surface area (Å²) in [5.74, 6) is 0. The van der Waals surface area contributed by atoms with Gasteiger partial charge in [-0.15, -0.1) is 0 Å². The monoisotopic (exact) mass is 262 g/mol. The summed E-state index contributed by atoms with van der Waals surface area (Å²) in [6.45, 7) is 5.96. The molecule has 0 fully saturated rings. The lowest BCUT2D eigenvalue weighted by Crippen LogP contribution is -2.32. The van der Waals surface area contributed by atoms with E-state index in [0.717, 1.165) is 11.3 Å². The van der Waals surface area contributed by atoms with E-state index < -0.39 is 11.7 Å². The quantitative estimate of drug-likeness (QED) is 0.875. The van der Waals surface area contributed by atoms with Gasteiger partial charge < -0.3 is 15.4 Å². The molecular weight excluding hydrogens is 240 g/mol. The Morgan fingerprint density at radius 3 is 2.74 bits per heavy atom. The fourth-order valence-corrected chi connectivity index (χ4v) is 1.45. The van der Waals surface area contributed by atoms with Crippen LogP contribution >= 0.6 is 0 Å². The second-order valence-electron chi connectivity index (χ2n) is 5.16. The van der Waals surface area contributed by atoms with Gasteiger partial charge in [-0.2, -0.15) is 0 Å². The third-order valence-electron chi connectivity index (χ3n) is 2.25. The second-order valence-corrected chi connectivity index (χ2v) is 5.16. The van der Waals surface area contributed by atoms with Crippen molar-refractivity contribution >= 4 is 17.9 Å². The first-order chi connectivity index (χ1) is 8.90. The summed E-state index contributed by atoms with van der Waals surface area (Å²) >= 11 is 0. The molecule has 1 amide bonds. The molecule has 0 unspecified atom stereocenters. The minimum atomic E-state index is -0.463. The number of alkyl carbamates (subject to hydrolysis) is 1. The molecule has 1 aromatic rings. The molecule has 0 saturated heterocycles. The van der Waals surface area contributed by atoms with Gasteiger partial charge in [-0.1, -0.05) is 24.3 Å². The molecule has 0 saturated carbocycles. The molecule has 0 atom stereocenters. The standard InChI is InChI=1S/C15H22N2O2/c1-15(2,3)19-14(18)17-10-6-8-12-7-5-9-13(11-12)16-4/h5-9,11,16H,10H2,1-4H3,(H,17,18). The number of amides is 1. The van der Waals surface area contributed by atoms with Gasteiger partial charge in [0.25, 0.3) is 0 Å². The average Bonchev–Trinajstić information content (AvgIpc) is 2.33. The second kappa shape index (κ2) is 6.83. The van der Waals surface area contributed by atoms with Crippen molar-refractivity contribution in [3.8, 4) is 0 Å². The van der Waals surface area contributed by atoms with Crippen LogP contribution in [0.25, 0.3) is 6.08 Å². The van der Waals surface area contributed by atoms with E-state index in [4.69, 9.17) is 4.74 Å². The first-order valence-corrected chi connectivity index (χ1v) is 6.32. The van der Waals surface area contributed by atoms with Crippen molar-refractivity contribution < 1.29 is 9.53 Å². The van der Waals surface area contributed by atoms with Crippen LogP contribution in [0.4, 0.5) is 10.5 Å². The van der Waals surface area contributed by atoms with Crippen LogP contribution in [0.1, 0.15) is 26.3 Å². The molecule has 0 spiro atoms. The molecule has 0 aliphatic rings. The molecule has 0 aliphatic carbocycles. The number of nitrogens with one attached hydrogen (secondary N) is 2. The molecular formula is C15H22N2O2. The number of hydrogen-bond donors (Lipinski definition) is 2. The van der Waals surface area contributed by atoms with E-state index in [9.17, 15) is 4.79 Å². The van der Waals surface area contributed by atoms with Crippen molar-refractivity contribution in [1.82, 2.24) is 5.32 Å². The molecule has 2 N–H and O–H groups in total. The molecule has 1 rings (SSSR count). The number of hydrogen-bond acceptors (Lipinski definition) is 3. The maximum atomic E-state index is 11.4. The smallest absolute Gasteiger partial charge is 0.407 e. The minimum Gasteiger partial charge on any atom is -0.444 e. The Hall–Kier alpha value is -1.97. The fourth-order valence-electron chi connectivity index (χ4n) is 1.45. The Morgan fingerprint density at radius 1 is 1.37 bits per heavy atom. The Kier molecular flexibility index (Phi) is 5.42. The van der Waals surface area contributed by atoms with Crippen LogP contribution in [-0.4, -0.2) is 25.3 Å². The lowest BCUT2D eigenvalue weighted by molar-refractivity contribution is 0.0534. The summed E-state index contributed by atoms with van der Waals surface area (Å²) < 4.78 is 5.13. The Morgan fingerprint density at radius 2 is 2.11 bits per heavy atom. The first kappa shape index (κ1) is 15.1. The zero-order valence-electron chi connectivity index (χ0n) is 12.0. The highest BCUT2D eigenvalue weighted by Crippen LogP contribution is 2.10. The molecule has 4 heteroatoms. The molecule has 104 valence electrons. The lowest BCUT2D eigenvalue weighted by atomic mass is 10.2. The summed E-state index contributed by atoms with van der Waals surface area (Å²) in [4.78, 5) is 11.4. The maximum absolute atomic E-state index is 11.4. The van der Waals surface area contributed by atoms with Gasteiger partial charge in [0.15, 0.2) is 0 Å². The predicted octanol–water partition coefficient (Wildman–Crippen LogP) is 3.27. The average molecular weight is 262 g/mol. The van der Waals surface area contributed by atoms with Crippen molar-refractivity contribution in [1.29, 1.82) is 0 Å². The number of rotatable bonds is 4. The molecule has 1 aromatic carbocycles. The van der Waals surface area contributed by atoms with E-state index in [1.54, 1.807) is 0 Å². The van der Waals surface area contributed by atoms with E-state index in [1.807, 2.05) is 64.2 Å². The molecule has 0 heterocycles. The van der Waals surface area contributed by atoms with Crippen LogP contribution in [0.15, 0.2) is 30.3 Å². The van der Waals surface area contributed by atoms with Crippen molar-refractivity contribution in [3.63, 3.8) is 0 Å². The van der Waals surface area contributed by atoms with Crippen molar-refractivity contribution in [3.05, 3.63) is 35.9 Å². The van der Waals surface area contributed by atoms with Crippen LogP contribution in [0.2, 0.25) is 0 Å². The summed E-state index contributed by atoms with van der Waals surface area (Å²) in [6, 6.07) is 8.01. The zero-order chi connectivity index (χ0) is 14.3. The van der Waals surface area contributed by atoms with Crippen molar-refractivity contribution in [2.24, 2.45) is 0 Å². The largest absolute Gasteiger partial charge is 0.444 e. The van der Waals surface area contributed by atoms with E-state index >= 15 is 0 Å². The number of ether oxygens (including phenoxy) is 1. The van der Waals surface area contributed by atoms with Crippen molar-refractivity contribution in [2.75, 3.05) is 18.9 Å². The summed E-state index contributed by atoms with van der Waals surface area (Å²) in [5, 5.41) is 5.75. The van der Waals surface area contributed by atoms with Crippen LogP contribution in [0.5, 0.6) is 0 Å².